The number of benzene rings is 1. The van der Waals surface area contributed by atoms with E-state index in [1.807, 2.05) is 12.1 Å². The maximum Gasteiger partial charge on any atom is 0.341 e. The average molecular weight is 477 g/mol. The molecule has 0 aliphatic heterocycles. The number of rotatable bonds is 14. The Bertz CT molecular complexity index is 808. The van der Waals surface area contributed by atoms with Gasteiger partial charge in [-0.1, -0.05) is 31.9 Å². The molecule has 2 aliphatic carbocycles. The van der Waals surface area contributed by atoms with Crippen molar-refractivity contribution >= 4 is 11.9 Å². The van der Waals surface area contributed by atoms with Gasteiger partial charge in [-0.25, -0.2) is 4.79 Å². The van der Waals surface area contributed by atoms with E-state index in [0.29, 0.717) is 24.2 Å². The number of carbonyl (C=O) groups is 2. The SMILES string of the molecule is CCCCC[C@@H](CC[C@@H]1[C@H]2Cc3cccc(OCC(=O)O)c3C[C@H]2C[C@H]1O)OC(=O)CCOC. The van der Waals surface area contributed by atoms with Gasteiger partial charge in [-0.05, 0) is 79.9 Å². The smallest absolute Gasteiger partial charge is 0.341 e. The van der Waals surface area contributed by atoms with Crippen LogP contribution in [0.1, 0.15) is 69.4 Å². The van der Waals surface area contributed by atoms with Crippen LogP contribution in [0.4, 0.5) is 0 Å². The van der Waals surface area contributed by atoms with Gasteiger partial charge in [0.2, 0.25) is 0 Å². The van der Waals surface area contributed by atoms with Crippen LogP contribution in [0, 0.1) is 17.8 Å². The van der Waals surface area contributed by atoms with Crippen LogP contribution in [-0.4, -0.2) is 54.7 Å². The van der Waals surface area contributed by atoms with Crippen LogP contribution in [-0.2, 0) is 31.9 Å². The summed E-state index contributed by atoms with van der Waals surface area (Å²) in [6.07, 6.45) is 7.91. The predicted octanol–water partition coefficient (Wildman–Crippen LogP) is 4.17. The second-order valence-corrected chi connectivity index (χ2v) is 9.80. The molecule has 34 heavy (non-hydrogen) atoms. The lowest BCUT2D eigenvalue weighted by Crippen LogP contribution is -2.29. The summed E-state index contributed by atoms with van der Waals surface area (Å²) in [6, 6.07) is 5.84. The number of hydrogen-bond acceptors (Lipinski definition) is 6. The third-order valence-corrected chi connectivity index (χ3v) is 7.46. The van der Waals surface area contributed by atoms with Crippen molar-refractivity contribution in [2.24, 2.45) is 17.8 Å². The third kappa shape index (κ3) is 7.19. The highest BCUT2D eigenvalue weighted by molar-refractivity contribution is 5.69. The molecule has 0 bridgehead atoms. The molecule has 7 nitrogen and oxygen atoms in total. The predicted molar refractivity (Wildman–Crippen MR) is 128 cm³/mol. The molecule has 3 rings (SSSR count). The van der Waals surface area contributed by atoms with Crippen LogP contribution in [0.15, 0.2) is 18.2 Å². The molecule has 1 saturated carbocycles. The molecular weight excluding hydrogens is 436 g/mol. The fraction of sp³-hybridized carbons (Fsp3) is 0.704. The largest absolute Gasteiger partial charge is 0.482 e. The average Bonchev–Trinajstić information content (AvgIpc) is 3.12. The second-order valence-electron chi connectivity index (χ2n) is 9.80. The molecule has 0 radical (unpaired) electrons. The van der Waals surface area contributed by atoms with Gasteiger partial charge in [-0.3, -0.25) is 4.79 Å². The number of aliphatic carboxylic acids is 1. The molecule has 2 aliphatic rings. The number of methoxy groups -OCH3 is 1. The molecule has 1 aromatic rings. The van der Waals surface area contributed by atoms with Crippen LogP contribution in [0.2, 0.25) is 0 Å². The minimum absolute atomic E-state index is 0.117. The van der Waals surface area contributed by atoms with Gasteiger partial charge in [0.15, 0.2) is 6.61 Å². The van der Waals surface area contributed by atoms with Gasteiger partial charge in [0, 0.05) is 7.11 Å². The molecular formula is C27H40O7. The van der Waals surface area contributed by atoms with Gasteiger partial charge in [0.1, 0.15) is 11.9 Å². The summed E-state index contributed by atoms with van der Waals surface area (Å²) in [5, 5.41) is 19.9. The van der Waals surface area contributed by atoms with Gasteiger partial charge in [0.25, 0.3) is 0 Å². The molecule has 1 aromatic carbocycles. The fourth-order valence-electron chi connectivity index (χ4n) is 5.77. The number of carbonyl (C=O) groups excluding carboxylic acids is 1. The zero-order valence-electron chi connectivity index (χ0n) is 20.5. The van der Waals surface area contributed by atoms with E-state index in [4.69, 9.17) is 19.3 Å². The molecule has 0 spiro atoms. The van der Waals surface area contributed by atoms with Crippen molar-refractivity contribution in [3.63, 3.8) is 0 Å². The minimum atomic E-state index is -0.987. The molecule has 0 aromatic heterocycles. The normalized spacial score (nSPS) is 24.2. The first-order valence-corrected chi connectivity index (χ1v) is 12.7. The van der Waals surface area contributed by atoms with E-state index in [1.165, 1.54) is 5.56 Å². The molecule has 2 N–H and O–H groups in total. The Morgan fingerprint density at radius 2 is 2.00 bits per heavy atom. The summed E-state index contributed by atoms with van der Waals surface area (Å²) < 4.78 is 16.3. The van der Waals surface area contributed by atoms with Crippen molar-refractivity contribution < 1.29 is 34.0 Å². The monoisotopic (exact) mass is 476 g/mol. The molecule has 0 amide bonds. The lowest BCUT2D eigenvalue weighted by molar-refractivity contribution is -0.151. The van der Waals surface area contributed by atoms with Crippen LogP contribution >= 0.6 is 0 Å². The summed E-state index contributed by atoms with van der Waals surface area (Å²) in [6.45, 7) is 2.18. The van der Waals surface area contributed by atoms with Gasteiger partial charge in [-0.15, -0.1) is 0 Å². The number of carboxylic acids is 1. The number of esters is 1. The molecule has 0 heterocycles. The topological polar surface area (TPSA) is 102 Å². The third-order valence-electron chi connectivity index (χ3n) is 7.46. The van der Waals surface area contributed by atoms with Crippen LogP contribution in [0.3, 0.4) is 0 Å². The number of aliphatic hydroxyl groups excluding tert-OH is 1. The Morgan fingerprint density at radius 3 is 2.74 bits per heavy atom. The number of hydrogen-bond donors (Lipinski definition) is 2. The van der Waals surface area contributed by atoms with Gasteiger partial charge in [-0.2, -0.15) is 0 Å². The highest BCUT2D eigenvalue weighted by atomic mass is 16.5. The summed E-state index contributed by atoms with van der Waals surface area (Å²) in [4.78, 5) is 23.1. The summed E-state index contributed by atoms with van der Waals surface area (Å²) in [7, 11) is 1.58. The number of carboxylic acid groups (broad SMARTS) is 1. The van der Waals surface area contributed by atoms with Crippen molar-refractivity contribution in [3.05, 3.63) is 29.3 Å². The van der Waals surface area contributed by atoms with E-state index in [1.54, 1.807) is 7.11 Å². The first-order chi connectivity index (χ1) is 16.4. The number of fused-ring (bicyclic) bond motifs is 2. The molecule has 5 atom stereocenters. The van der Waals surface area contributed by atoms with E-state index in [0.717, 1.165) is 63.4 Å². The maximum absolute atomic E-state index is 12.2. The van der Waals surface area contributed by atoms with Crippen LogP contribution < -0.4 is 4.74 Å². The minimum Gasteiger partial charge on any atom is -0.482 e. The number of ether oxygens (including phenoxy) is 3. The first-order valence-electron chi connectivity index (χ1n) is 12.7. The van der Waals surface area contributed by atoms with Gasteiger partial charge < -0.3 is 24.4 Å². The molecule has 7 heteroatoms. The quantitative estimate of drug-likeness (QED) is 0.307. The molecule has 190 valence electrons. The van der Waals surface area contributed by atoms with Crippen molar-refractivity contribution in [2.75, 3.05) is 20.3 Å². The Balaban J connectivity index is 1.63. The van der Waals surface area contributed by atoms with E-state index < -0.39 is 5.97 Å². The molecule has 1 fully saturated rings. The van der Waals surface area contributed by atoms with Crippen molar-refractivity contribution in [2.45, 2.75) is 83.3 Å². The van der Waals surface area contributed by atoms with Gasteiger partial charge >= 0.3 is 11.9 Å². The van der Waals surface area contributed by atoms with E-state index in [9.17, 15) is 14.7 Å². The van der Waals surface area contributed by atoms with E-state index in [2.05, 4.69) is 13.0 Å². The van der Waals surface area contributed by atoms with Crippen LogP contribution in [0.25, 0.3) is 0 Å². The fourth-order valence-corrected chi connectivity index (χ4v) is 5.77. The molecule has 0 unspecified atom stereocenters. The zero-order valence-corrected chi connectivity index (χ0v) is 20.5. The Labute approximate surface area is 202 Å². The summed E-state index contributed by atoms with van der Waals surface area (Å²) >= 11 is 0. The standard InChI is InChI=1S/C27H40O7/c1-3-4-5-8-20(34-27(31)12-13-32-2)10-11-21-22-14-18-7-6-9-25(33-17-26(29)30)23(18)15-19(22)16-24(21)28/h6-7,9,19-22,24,28H,3-5,8,10-17H2,1-2H3,(H,29,30)/t19-,20-,21+,22-,24+/m0/s1. The lowest BCUT2D eigenvalue weighted by atomic mass is 9.73. The van der Waals surface area contributed by atoms with Crippen molar-refractivity contribution in [1.82, 2.24) is 0 Å². The lowest BCUT2D eigenvalue weighted by Gasteiger charge is -2.32. The van der Waals surface area contributed by atoms with E-state index in [-0.39, 0.29) is 37.1 Å². The van der Waals surface area contributed by atoms with Crippen LogP contribution in [0.5, 0.6) is 5.75 Å². The first kappa shape index (κ1) is 26.5. The number of unbranched alkanes of at least 4 members (excludes halogenated alkanes) is 2. The number of aliphatic hydroxyl groups is 1. The Kier molecular flexibility index (Phi) is 10.2. The Morgan fingerprint density at radius 1 is 1.18 bits per heavy atom. The second kappa shape index (κ2) is 13.1. The van der Waals surface area contributed by atoms with E-state index >= 15 is 0 Å². The Hall–Kier alpha value is -2.12. The van der Waals surface area contributed by atoms with Crippen molar-refractivity contribution in [3.8, 4) is 5.75 Å². The molecule has 0 saturated heterocycles. The highest BCUT2D eigenvalue weighted by Gasteiger charge is 2.45. The highest BCUT2D eigenvalue weighted by Crippen LogP contribution is 2.48. The zero-order chi connectivity index (χ0) is 24.5. The summed E-state index contributed by atoms with van der Waals surface area (Å²) in [5.74, 6) is 0.346. The van der Waals surface area contributed by atoms with Crippen molar-refractivity contribution in [1.29, 1.82) is 0 Å². The van der Waals surface area contributed by atoms with Gasteiger partial charge in [0.05, 0.1) is 19.1 Å². The summed E-state index contributed by atoms with van der Waals surface area (Å²) in [5.41, 5.74) is 2.27. The maximum atomic E-state index is 12.2.